The molecule has 0 aliphatic carbocycles. The van der Waals surface area contributed by atoms with E-state index in [2.05, 4.69) is 9.24 Å². The predicted molar refractivity (Wildman–Crippen MR) is 312 cm³/mol. The van der Waals surface area contributed by atoms with Gasteiger partial charge in [-0.25, -0.2) is 0 Å². The first-order valence-electron chi connectivity index (χ1n) is 28.7. The third-order valence-corrected chi connectivity index (χ3v) is 18.8. The maximum absolute atomic E-state index is 14.7. The van der Waals surface area contributed by atoms with E-state index in [9.17, 15) is 48.1 Å². The molecule has 0 radical (unpaired) electrons. The van der Waals surface area contributed by atoms with Gasteiger partial charge in [0.1, 0.15) is 34.9 Å². The van der Waals surface area contributed by atoms with E-state index >= 15 is 0 Å². The highest BCUT2D eigenvalue weighted by atomic mass is 32.2. The van der Waals surface area contributed by atoms with Gasteiger partial charge in [0.15, 0.2) is 12.6 Å². The van der Waals surface area contributed by atoms with E-state index in [1.165, 1.54) is 18.9 Å². The van der Waals surface area contributed by atoms with Crippen LogP contribution in [0.15, 0.2) is 71.6 Å². The van der Waals surface area contributed by atoms with Gasteiger partial charge in [-0.1, -0.05) is 93.9 Å². The van der Waals surface area contributed by atoms with Crippen molar-refractivity contribution in [1.29, 1.82) is 0 Å². The van der Waals surface area contributed by atoms with Gasteiger partial charge in [0, 0.05) is 49.6 Å². The van der Waals surface area contributed by atoms with Crippen molar-refractivity contribution in [3.63, 3.8) is 0 Å². The van der Waals surface area contributed by atoms with E-state index in [1.807, 2.05) is 63.2 Å². The average Bonchev–Trinajstić information content (AvgIpc) is 3.41. The first-order valence-corrected chi connectivity index (χ1v) is 30.7. The lowest BCUT2D eigenvalue weighted by molar-refractivity contribution is -0.318. The molecule has 81 heavy (non-hydrogen) atoms. The van der Waals surface area contributed by atoms with Crippen LogP contribution >= 0.6 is 9.24 Å². The smallest absolute Gasteiger partial charge is 0.311 e. The largest absolute Gasteiger partial charge is 0.459 e. The van der Waals surface area contributed by atoms with E-state index < -0.39 is 112 Å². The lowest BCUT2D eigenvalue weighted by atomic mass is 9.77. The zero-order valence-electron chi connectivity index (χ0n) is 49.7. The molecule has 3 heterocycles. The Bertz CT molecular complexity index is 2660. The molecule has 3 aromatic rings. The molecular formula is C61H93N2O16PS. The standard InChI is InChI=1S/C61H93N2O16PS/c1-14-47-61(10,70)54(66)39(6)63(48(64)24-20-15-17-21-41-25-27-43(28-26-41)50-46(80)30-29-44(53(50)81(71,72)73)42-22-18-16-19-23-42)34-35(2)32-59(8,69)56(79-58-51(65)45(62(11)12)31-36(3)75-58)37(4)52(38(5)57(68)77-47)78-49-33-60(9,74-13)55(67)40(7)76-49/h16,18-19,22-23,25-30,35-40,45,47,49,51-52,54-56,58,65-67,69-70H,14-15,17,20-21,24,31-34,80H2,1-13H3,(H,71,72,73)/t35-,36-,37+,38-,39-,40+,45+,47-,49+,51-,52+,54-,55+,56-,58+,59-,60-,61-/m1/s1. The van der Waals surface area contributed by atoms with Crippen LogP contribution in [0.25, 0.3) is 22.3 Å². The summed E-state index contributed by atoms with van der Waals surface area (Å²) in [5.41, 5.74) is -1.89. The number of ether oxygens (including phenoxy) is 6. The number of aryl methyl sites for hydroxylation is 1. The summed E-state index contributed by atoms with van der Waals surface area (Å²) < 4.78 is 74.5. The first kappa shape index (κ1) is 66.6. The zero-order chi connectivity index (χ0) is 60.1. The fourth-order valence-electron chi connectivity index (χ4n) is 12.6. The molecule has 3 aliphatic heterocycles. The number of nitrogens with zero attached hydrogens (tertiary/aromatic N) is 2. The van der Waals surface area contributed by atoms with Crippen molar-refractivity contribution in [3.8, 4) is 22.3 Å². The Balaban J connectivity index is 1.26. The van der Waals surface area contributed by atoms with E-state index in [1.54, 1.807) is 84.9 Å². The molecule has 0 bridgehead atoms. The number of amides is 1. The summed E-state index contributed by atoms with van der Waals surface area (Å²) in [6, 6.07) is 18.7. The van der Waals surface area contributed by atoms with Gasteiger partial charge in [-0.15, -0.1) is 9.24 Å². The molecule has 1 unspecified atom stereocenters. The van der Waals surface area contributed by atoms with Crippen LogP contribution in [0.3, 0.4) is 0 Å². The van der Waals surface area contributed by atoms with Gasteiger partial charge in [-0.3, -0.25) is 14.1 Å². The number of hydrogen-bond donors (Lipinski definition) is 6. The van der Waals surface area contributed by atoms with Crippen molar-refractivity contribution < 1.29 is 76.5 Å². The van der Waals surface area contributed by atoms with Crippen molar-refractivity contribution >= 4 is 36.5 Å². The maximum atomic E-state index is 14.7. The molecule has 6 rings (SSSR count). The lowest BCUT2D eigenvalue weighted by Gasteiger charge is -2.48. The Morgan fingerprint density at radius 2 is 1.51 bits per heavy atom. The van der Waals surface area contributed by atoms with Crippen LogP contribution in [0, 0.1) is 17.8 Å². The number of likely N-dealkylation sites (N-methyl/N-ethyl adjacent to an activating group) is 1. The number of esters is 1. The van der Waals surface area contributed by atoms with E-state index in [0.717, 1.165) is 5.56 Å². The second-order valence-electron chi connectivity index (χ2n) is 24.3. The molecule has 3 saturated heterocycles. The highest BCUT2D eigenvalue weighted by molar-refractivity contribution is 7.86. The van der Waals surface area contributed by atoms with Gasteiger partial charge in [-0.2, -0.15) is 8.42 Å². The highest BCUT2D eigenvalue weighted by Crippen LogP contribution is 2.41. The number of aliphatic hydroxyl groups is 5. The van der Waals surface area contributed by atoms with Crippen molar-refractivity contribution in [2.45, 2.75) is 222 Å². The van der Waals surface area contributed by atoms with Crippen LogP contribution < -0.4 is 5.30 Å². The van der Waals surface area contributed by atoms with Crippen LogP contribution in [0.5, 0.6) is 0 Å². The van der Waals surface area contributed by atoms with Gasteiger partial charge < -0.3 is 63.8 Å². The SMILES string of the molecule is CC[C@H]1OC(=O)[C@H](C)[C@@H](O[C@H]2C[C@@](C)(OC)[C@@H](O)[C@H](C)O2)[C@H](C)[C@@H](O[C@@H]2O[C@H](C)C[C@H](N(C)C)[C@H]2O)[C@](C)(O)C[C@@H](C)CN(C(=O)CCCCCc2ccc(-c3c(P)ccc(-c4ccccc4)c3S(=O)(=O)O)cc2)[C@H](C)[C@@H](O)[C@]1(C)O. The molecule has 3 aliphatic rings. The molecule has 3 aromatic carbocycles. The van der Waals surface area contributed by atoms with Crippen LogP contribution in [0.1, 0.15) is 126 Å². The number of hydrogen-bond acceptors (Lipinski definition) is 16. The third kappa shape index (κ3) is 15.7. The van der Waals surface area contributed by atoms with Gasteiger partial charge in [0.05, 0.1) is 47.6 Å². The minimum Gasteiger partial charge on any atom is -0.459 e. The molecule has 6 N–H and O–H groups in total. The summed E-state index contributed by atoms with van der Waals surface area (Å²) in [4.78, 5) is 32.6. The minimum atomic E-state index is -4.63. The van der Waals surface area contributed by atoms with E-state index in [-0.39, 0.29) is 55.2 Å². The summed E-state index contributed by atoms with van der Waals surface area (Å²) in [5, 5.41) is 61.0. The summed E-state index contributed by atoms with van der Waals surface area (Å²) >= 11 is 0. The number of rotatable bonds is 16. The lowest BCUT2D eigenvalue weighted by Crippen LogP contribution is -2.60. The quantitative estimate of drug-likeness (QED) is 0.0379. The molecule has 3 fully saturated rings. The molecule has 19 atom stereocenters. The summed E-state index contributed by atoms with van der Waals surface area (Å²) in [6.07, 6.45) is -7.41. The normalized spacial score (nSPS) is 35.9. The topological polar surface area (TPSA) is 252 Å². The molecule has 18 nitrogen and oxygen atoms in total. The number of carbonyl (C=O) groups excluding carboxylic acids is 2. The Morgan fingerprint density at radius 3 is 2.11 bits per heavy atom. The number of unbranched alkanes of at least 4 members (excludes halogenated alkanes) is 2. The minimum absolute atomic E-state index is 0.0152. The number of aliphatic hydroxyl groups excluding tert-OH is 3. The predicted octanol–water partition coefficient (Wildman–Crippen LogP) is 6.68. The van der Waals surface area contributed by atoms with Gasteiger partial charge in [0.2, 0.25) is 5.91 Å². The van der Waals surface area contributed by atoms with Crippen LogP contribution in [-0.4, -0.2) is 178 Å². The number of cyclic esters (lactones) is 1. The van der Waals surface area contributed by atoms with E-state index in [4.69, 9.17) is 28.4 Å². The second-order valence-corrected chi connectivity index (χ2v) is 26.3. The Hall–Kier alpha value is -3.50. The van der Waals surface area contributed by atoms with Crippen LogP contribution in [-0.2, 0) is 54.5 Å². The van der Waals surface area contributed by atoms with Crippen molar-refractivity contribution in [2.24, 2.45) is 17.8 Å². The van der Waals surface area contributed by atoms with E-state index in [0.29, 0.717) is 59.7 Å². The Labute approximate surface area is 483 Å². The Morgan fingerprint density at radius 1 is 0.852 bits per heavy atom. The molecule has 0 spiro atoms. The molecule has 454 valence electrons. The fraction of sp³-hybridized carbons (Fsp3) is 0.672. The highest BCUT2D eigenvalue weighted by Gasteiger charge is 2.53. The molecule has 0 saturated carbocycles. The maximum Gasteiger partial charge on any atom is 0.311 e. The third-order valence-electron chi connectivity index (χ3n) is 17.4. The molecule has 0 aromatic heterocycles. The van der Waals surface area contributed by atoms with Gasteiger partial charge in [-0.05, 0) is 129 Å². The molecule has 20 heteroatoms. The van der Waals surface area contributed by atoms with Crippen molar-refractivity contribution in [3.05, 3.63) is 72.3 Å². The fourth-order valence-corrected chi connectivity index (χ4v) is 14.1. The van der Waals surface area contributed by atoms with Crippen LogP contribution in [0.4, 0.5) is 0 Å². The molecule has 1 amide bonds. The van der Waals surface area contributed by atoms with Gasteiger partial charge >= 0.3 is 5.97 Å². The Kier molecular flexibility index (Phi) is 22.8. The summed E-state index contributed by atoms with van der Waals surface area (Å²) in [7, 11) is 3.13. The zero-order valence-corrected chi connectivity index (χ0v) is 51.7. The summed E-state index contributed by atoms with van der Waals surface area (Å²) in [6.45, 7) is 17.0. The monoisotopic (exact) mass is 1170 g/mol. The average molecular weight is 1170 g/mol. The summed E-state index contributed by atoms with van der Waals surface area (Å²) in [5.74, 6) is -3.56. The van der Waals surface area contributed by atoms with Crippen molar-refractivity contribution in [1.82, 2.24) is 9.80 Å². The number of methoxy groups -OCH3 is 1. The number of carbonyl (C=O) groups is 2. The number of benzene rings is 3. The van der Waals surface area contributed by atoms with Crippen molar-refractivity contribution in [2.75, 3.05) is 27.7 Å². The first-order chi connectivity index (χ1) is 37.9. The molecular weight excluding hydrogens is 1080 g/mol. The van der Waals surface area contributed by atoms with Crippen LogP contribution in [0.2, 0.25) is 0 Å². The second kappa shape index (κ2) is 27.7. The van der Waals surface area contributed by atoms with Gasteiger partial charge in [0.25, 0.3) is 10.1 Å².